The first-order valence-corrected chi connectivity index (χ1v) is 7.05. The Bertz CT molecular complexity index is 329. The Labute approximate surface area is 94.6 Å². The average Bonchev–Trinajstić information content (AvgIpc) is 2.73. The van der Waals surface area contributed by atoms with Crippen molar-refractivity contribution in [2.24, 2.45) is 5.41 Å². The molecule has 3 heterocycles. The highest BCUT2D eigenvalue weighted by Crippen LogP contribution is 2.75. The maximum atomic E-state index is 5.68. The Morgan fingerprint density at radius 1 is 1.36 bits per heavy atom. The minimum atomic E-state index is 0.503. The summed E-state index contributed by atoms with van der Waals surface area (Å²) in [6.07, 6.45) is 6.81. The highest BCUT2D eigenvalue weighted by molar-refractivity contribution is 8.03. The van der Waals surface area contributed by atoms with Crippen LogP contribution in [0, 0.1) is 5.41 Å². The molecule has 3 unspecified atom stereocenters. The van der Waals surface area contributed by atoms with Crippen LogP contribution in [-0.4, -0.2) is 33.0 Å². The van der Waals surface area contributed by atoms with Crippen LogP contribution in [0.2, 0.25) is 0 Å². The first-order chi connectivity index (χ1) is 6.80. The van der Waals surface area contributed by atoms with Crippen LogP contribution in [0.25, 0.3) is 0 Å². The topological polar surface area (TPSA) is 3.24 Å². The highest BCUT2D eigenvalue weighted by Gasteiger charge is 2.75. The fourth-order valence-electron chi connectivity index (χ4n) is 4.41. The molecular formula is C11H15NS2. The van der Waals surface area contributed by atoms with Gasteiger partial charge in [-0.15, -0.1) is 11.8 Å². The molecule has 0 N–H and O–H groups in total. The van der Waals surface area contributed by atoms with Crippen LogP contribution in [0.5, 0.6) is 0 Å². The molecule has 0 aromatic carbocycles. The van der Waals surface area contributed by atoms with Gasteiger partial charge in [0.25, 0.3) is 0 Å². The van der Waals surface area contributed by atoms with Gasteiger partial charge >= 0.3 is 0 Å². The first-order valence-electron chi connectivity index (χ1n) is 5.76. The van der Waals surface area contributed by atoms with E-state index in [4.69, 9.17) is 12.2 Å². The third-order valence-corrected chi connectivity index (χ3v) is 7.65. The van der Waals surface area contributed by atoms with E-state index in [9.17, 15) is 0 Å². The fourth-order valence-corrected chi connectivity index (χ4v) is 7.43. The maximum Gasteiger partial charge on any atom is 0.0787 e. The summed E-state index contributed by atoms with van der Waals surface area (Å²) < 4.78 is 0. The summed E-state index contributed by atoms with van der Waals surface area (Å²) in [5.41, 5.74) is 0.503. The van der Waals surface area contributed by atoms with Crippen molar-refractivity contribution in [3.8, 4) is 0 Å². The third-order valence-electron chi connectivity index (χ3n) is 4.95. The highest BCUT2D eigenvalue weighted by atomic mass is 32.2. The Morgan fingerprint density at radius 2 is 2.29 bits per heavy atom. The van der Waals surface area contributed by atoms with Crippen molar-refractivity contribution in [1.29, 1.82) is 0 Å². The quantitative estimate of drug-likeness (QED) is 0.583. The number of thioether (sulfide) groups is 1. The largest absolute Gasteiger partial charge is 0.288 e. The van der Waals surface area contributed by atoms with Gasteiger partial charge in [-0.2, -0.15) is 0 Å². The lowest BCUT2D eigenvalue weighted by atomic mass is 9.75. The summed E-state index contributed by atoms with van der Waals surface area (Å²) >= 11 is 7.94. The molecule has 0 aromatic heterocycles. The van der Waals surface area contributed by atoms with Gasteiger partial charge in [-0.1, -0.05) is 12.2 Å². The van der Waals surface area contributed by atoms with Crippen LogP contribution in [0.1, 0.15) is 32.1 Å². The van der Waals surface area contributed by atoms with Crippen molar-refractivity contribution in [2.75, 3.05) is 13.1 Å². The van der Waals surface area contributed by atoms with Crippen molar-refractivity contribution in [2.45, 2.75) is 42.2 Å². The molecule has 4 aliphatic rings. The molecule has 3 heteroatoms. The molecule has 2 spiro atoms. The summed E-state index contributed by atoms with van der Waals surface area (Å²) in [4.78, 5) is 4.68. The fraction of sp³-hybridized carbons (Fsp3) is 0.909. The summed E-state index contributed by atoms with van der Waals surface area (Å²) in [6.45, 7) is 2.66. The normalized spacial score (nSPS) is 55.4. The zero-order chi connectivity index (χ0) is 9.39. The van der Waals surface area contributed by atoms with E-state index in [1.165, 1.54) is 50.1 Å². The molecule has 3 saturated heterocycles. The zero-order valence-corrected chi connectivity index (χ0v) is 9.92. The molecule has 3 atom stereocenters. The first kappa shape index (κ1) is 8.54. The van der Waals surface area contributed by atoms with Gasteiger partial charge in [0.1, 0.15) is 0 Å². The lowest BCUT2D eigenvalue weighted by molar-refractivity contribution is 0.193. The van der Waals surface area contributed by atoms with Crippen molar-refractivity contribution < 1.29 is 0 Å². The van der Waals surface area contributed by atoms with Crippen LogP contribution < -0.4 is 0 Å². The van der Waals surface area contributed by atoms with E-state index in [0.717, 1.165) is 5.25 Å². The molecule has 0 radical (unpaired) electrons. The third kappa shape index (κ3) is 0.634. The van der Waals surface area contributed by atoms with Gasteiger partial charge in [-0.3, -0.25) is 4.90 Å². The second-order valence-corrected chi connectivity index (χ2v) is 7.14. The second-order valence-electron chi connectivity index (χ2n) is 5.16. The molecule has 14 heavy (non-hydrogen) atoms. The van der Waals surface area contributed by atoms with Gasteiger partial charge in [0.05, 0.1) is 4.87 Å². The van der Waals surface area contributed by atoms with Crippen LogP contribution >= 0.6 is 24.0 Å². The summed E-state index contributed by atoms with van der Waals surface area (Å²) in [5, 5.41) is 0.901. The SMILES string of the molecule is S=C1CCC2SC34CCCN3CCC124. The number of thiocarbonyl (C=S) groups is 1. The van der Waals surface area contributed by atoms with Crippen LogP contribution in [0.4, 0.5) is 0 Å². The number of rotatable bonds is 0. The maximum absolute atomic E-state index is 5.68. The number of hydrogen-bond donors (Lipinski definition) is 0. The molecule has 0 bridgehead atoms. The van der Waals surface area contributed by atoms with Crippen LogP contribution in [0.3, 0.4) is 0 Å². The summed E-state index contributed by atoms with van der Waals surface area (Å²) in [7, 11) is 0. The Morgan fingerprint density at radius 3 is 3.14 bits per heavy atom. The predicted octanol–water partition coefficient (Wildman–Crippen LogP) is 2.45. The average molecular weight is 225 g/mol. The summed E-state index contributed by atoms with van der Waals surface area (Å²) in [5.74, 6) is 0. The molecule has 4 fully saturated rings. The molecule has 0 amide bonds. The monoisotopic (exact) mass is 225 g/mol. The van der Waals surface area contributed by atoms with Crippen molar-refractivity contribution in [1.82, 2.24) is 4.90 Å². The van der Waals surface area contributed by atoms with Crippen LogP contribution in [-0.2, 0) is 0 Å². The van der Waals surface area contributed by atoms with Crippen molar-refractivity contribution in [3.63, 3.8) is 0 Å². The van der Waals surface area contributed by atoms with E-state index in [0.29, 0.717) is 10.3 Å². The molecule has 1 saturated carbocycles. The molecule has 1 nitrogen and oxygen atoms in total. The van der Waals surface area contributed by atoms with Gasteiger partial charge < -0.3 is 0 Å². The number of nitrogens with zero attached hydrogens (tertiary/aromatic N) is 1. The van der Waals surface area contributed by atoms with Crippen molar-refractivity contribution >= 4 is 28.8 Å². The standard InChI is InChI=1S/C11H15NS2/c13-8-2-3-9-10(8)5-7-12-6-1-4-11(10,12)14-9/h9H,1-7H2. The van der Waals surface area contributed by atoms with E-state index < -0.39 is 0 Å². The molecule has 3 aliphatic heterocycles. The lowest BCUT2D eigenvalue weighted by Crippen LogP contribution is -2.62. The zero-order valence-electron chi connectivity index (χ0n) is 8.29. The van der Waals surface area contributed by atoms with E-state index in [1.54, 1.807) is 0 Å². The van der Waals surface area contributed by atoms with E-state index in [2.05, 4.69) is 16.7 Å². The smallest absolute Gasteiger partial charge is 0.0787 e. The number of hydrogen-bond acceptors (Lipinski definition) is 3. The Balaban J connectivity index is 1.87. The van der Waals surface area contributed by atoms with Gasteiger partial charge in [0.15, 0.2) is 0 Å². The van der Waals surface area contributed by atoms with Gasteiger partial charge in [-0.25, -0.2) is 0 Å². The Hall–Kier alpha value is 0.400. The second kappa shape index (κ2) is 2.38. The molecule has 4 rings (SSSR count). The lowest BCUT2D eigenvalue weighted by Gasteiger charge is -2.58. The minimum Gasteiger partial charge on any atom is -0.288 e. The minimum absolute atomic E-state index is 0.503. The molecule has 76 valence electrons. The summed E-state index contributed by atoms with van der Waals surface area (Å²) in [6, 6.07) is 0. The Kier molecular flexibility index (Phi) is 1.45. The van der Waals surface area contributed by atoms with Gasteiger partial charge in [0, 0.05) is 22.1 Å². The van der Waals surface area contributed by atoms with Gasteiger partial charge in [0.2, 0.25) is 0 Å². The molecule has 1 aliphatic carbocycles. The molecular weight excluding hydrogens is 210 g/mol. The predicted molar refractivity (Wildman–Crippen MR) is 63.8 cm³/mol. The van der Waals surface area contributed by atoms with E-state index >= 15 is 0 Å². The molecule has 0 aromatic rings. The van der Waals surface area contributed by atoms with Crippen LogP contribution in [0.15, 0.2) is 0 Å². The van der Waals surface area contributed by atoms with E-state index in [-0.39, 0.29) is 0 Å². The van der Waals surface area contributed by atoms with E-state index in [1.807, 2.05) is 0 Å². The van der Waals surface area contributed by atoms with Gasteiger partial charge in [-0.05, 0) is 38.6 Å². The van der Waals surface area contributed by atoms with Crippen molar-refractivity contribution in [3.05, 3.63) is 0 Å².